The minimum absolute atomic E-state index is 0.0190. The third-order valence-corrected chi connectivity index (χ3v) is 10.7. The Kier molecular flexibility index (Phi) is 3.86. The molecule has 1 aromatic carbocycles. The Morgan fingerprint density at radius 3 is 2.71 bits per heavy atom. The summed E-state index contributed by atoms with van der Waals surface area (Å²) in [5.74, 6) is 1.72. The largest absolute Gasteiger partial charge is 0.480 e. The Morgan fingerprint density at radius 1 is 1.11 bits per heavy atom. The highest BCUT2D eigenvalue weighted by Crippen LogP contribution is 2.72. The van der Waals surface area contributed by atoms with Crippen LogP contribution in [0.4, 0.5) is 5.69 Å². The average molecular weight is 478 g/mol. The van der Waals surface area contributed by atoms with Crippen LogP contribution >= 0.6 is 0 Å². The first kappa shape index (κ1) is 21.7. The number of rotatable bonds is 0. The quantitative estimate of drug-likeness (QED) is 0.615. The Balaban J connectivity index is 1.41. The molecule has 6 heterocycles. The molecule has 4 atom stereocenters. The number of fused-ring (bicyclic) bond motifs is 5. The SMILES string of the molecule is CN1C(=O)[C@@]23CCCCN2C[C@@]12C[C@@]1(C(=O)Nc4c1ccc1c4OC=CC(C)(C)O1)C(C)(C)[C@H]2C3. The molecule has 1 aliphatic carbocycles. The van der Waals surface area contributed by atoms with Crippen molar-refractivity contribution in [2.45, 2.75) is 81.9 Å². The van der Waals surface area contributed by atoms with Gasteiger partial charge in [-0.05, 0) is 81.5 Å². The van der Waals surface area contributed by atoms with Gasteiger partial charge in [0.25, 0.3) is 0 Å². The van der Waals surface area contributed by atoms with E-state index in [9.17, 15) is 9.59 Å². The monoisotopic (exact) mass is 477 g/mol. The number of hydrogen-bond donors (Lipinski definition) is 1. The van der Waals surface area contributed by atoms with E-state index in [0.29, 0.717) is 17.9 Å². The van der Waals surface area contributed by atoms with Gasteiger partial charge >= 0.3 is 0 Å². The Bertz CT molecular complexity index is 1220. The molecule has 3 spiro atoms. The first-order valence-electron chi connectivity index (χ1n) is 13.0. The van der Waals surface area contributed by atoms with Crippen molar-refractivity contribution in [1.29, 1.82) is 0 Å². The second kappa shape index (κ2) is 6.23. The maximum atomic E-state index is 14.1. The molecular formula is C28H35N3O4. The van der Waals surface area contributed by atoms with Crippen molar-refractivity contribution < 1.29 is 19.1 Å². The third-order valence-electron chi connectivity index (χ3n) is 10.7. The number of carbonyl (C=O) groups excluding carboxylic acids is 2. The second-order valence-corrected chi connectivity index (χ2v) is 12.8. The summed E-state index contributed by atoms with van der Waals surface area (Å²) in [4.78, 5) is 32.5. The fourth-order valence-electron chi connectivity index (χ4n) is 8.90. The standard InChI is InChI=1S/C28H35N3O4/c1-24(2)11-13-34-21-18(35-24)9-8-17-20(21)29-22(32)28(17)15-27-16-31-12-7-6-10-26(31,23(33)30(27)5)14-19(27)25(28,3)4/h8-9,11,13,19H,6-7,10,12,14-16H2,1-5H3,(H,29,32)/t19-,26+,27-,28-/m1/s1. The Morgan fingerprint density at radius 2 is 1.91 bits per heavy atom. The van der Waals surface area contributed by atoms with Gasteiger partial charge in [0.1, 0.15) is 11.1 Å². The van der Waals surface area contributed by atoms with E-state index in [1.807, 2.05) is 33.0 Å². The molecule has 7 aliphatic rings. The predicted molar refractivity (Wildman–Crippen MR) is 131 cm³/mol. The van der Waals surface area contributed by atoms with E-state index >= 15 is 0 Å². The molecule has 2 bridgehead atoms. The smallest absolute Gasteiger partial charge is 0.243 e. The van der Waals surface area contributed by atoms with Gasteiger partial charge in [0.05, 0.1) is 22.9 Å². The van der Waals surface area contributed by atoms with Crippen molar-refractivity contribution in [1.82, 2.24) is 9.80 Å². The molecule has 2 amide bonds. The van der Waals surface area contributed by atoms with Crippen LogP contribution in [0.1, 0.15) is 65.4 Å². The number of ether oxygens (including phenoxy) is 2. The van der Waals surface area contributed by atoms with Crippen LogP contribution in [0.15, 0.2) is 24.5 Å². The average Bonchev–Trinajstić information content (AvgIpc) is 3.12. The number of piperazine rings is 1. The molecule has 0 aromatic heterocycles. The van der Waals surface area contributed by atoms with E-state index in [-0.39, 0.29) is 28.7 Å². The molecular weight excluding hydrogens is 442 g/mol. The zero-order chi connectivity index (χ0) is 24.6. The van der Waals surface area contributed by atoms with Crippen LogP contribution in [0.2, 0.25) is 0 Å². The van der Waals surface area contributed by atoms with E-state index in [4.69, 9.17) is 9.47 Å². The molecule has 186 valence electrons. The van der Waals surface area contributed by atoms with Gasteiger partial charge in [-0.3, -0.25) is 14.5 Å². The second-order valence-electron chi connectivity index (χ2n) is 12.8. The van der Waals surface area contributed by atoms with Gasteiger partial charge in [0.15, 0.2) is 11.5 Å². The lowest BCUT2D eigenvalue weighted by atomic mass is 9.56. The highest BCUT2D eigenvalue weighted by Gasteiger charge is 2.79. The van der Waals surface area contributed by atoms with Gasteiger partial charge in [-0.15, -0.1) is 0 Å². The maximum absolute atomic E-state index is 14.1. The molecule has 7 nitrogen and oxygen atoms in total. The Hall–Kier alpha value is -2.54. The molecule has 1 N–H and O–H groups in total. The normalized spacial score (nSPS) is 39.8. The summed E-state index contributed by atoms with van der Waals surface area (Å²) in [7, 11) is 1.99. The molecule has 1 saturated carbocycles. The number of likely N-dealkylation sites (N-methyl/N-ethyl adjacent to an activating group) is 1. The number of anilines is 1. The van der Waals surface area contributed by atoms with Crippen molar-refractivity contribution in [3.05, 3.63) is 30.0 Å². The molecule has 8 rings (SSSR count). The summed E-state index contributed by atoms with van der Waals surface area (Å²) >= 11 is 0. The van der Waals surface area contributed by atoms with E-state index in [0.717, 1.165) is 50.0 Å². The lowest BCUT2D eigenvalue weighted by Crippen LogP contribution is -2.80. The number of piperidine rings is 3. The minimum atomic E-state index is -0.744. The van der Waals surface area contributed by atoms with Gasteiger partial charge in [-0.25, -0.2) is 0 Å². The summed E-state index contributed by atoms with van der Waals surface area (Å²) in [5.41, 5.74) is -0.657. The van der Waals surface area contributed by atoms with Crippen LogP contribution in [-0.2, 0) is 15.0 Å². The van der Waals surface area contributed by atoms with Crippen LogP contribution in [-0.4, -0.2) is 58.4 Å². The van der Waals surface area contributed by atoms with Crippen LogP contribution in [0.3, 0.4) is 0 Å². The Labute approximate surface area is 206 Å². The van der Waals surface area contributed by atoms with Crippen molar-refractivity contribution in [3.8, 4) is 11.5 Å². The van der Waals surface area contributed by atoms with Crippen LogP contribution in [0.25, 0.3) is 0 Å². The topological polar surface area (TPSA) is 71.1 Å². The summed E-state index contributed by atoms with van der Waals surface area (Å²) in [5, 5.41) is 3.23. The van der Waals surface area contributed by atoms with E-state index in [1.165, 1.54) is 0 Å². The number of nitrogens with zero attached hydrogens (tertiary/aromatic N) is 2. The van der Waals surface area contributed by atoms with Gasteiger partial charge in [-0.1, -0.05) is 19.9 Å². The maximum Gasteiger partial charge on any atom is 0.243 e. The molecule has 7 heteroatoms. The summed E-state index contributed by atoms with van der Waals surface area (Å²) in [6.45, 7) is 10.3. The van der Waals surface area contributed by atoms with E-state index < -0.39 is 16.6 Å². The molecule has 0 radical (unpaired) electrons. The van der Waals surface area contributed by atoms with Crippen molar-refractivity contribution in [2.75, 3.05) is 25.5 Å². The van der Waals surface area contributed by atoms with Crippen molar-refractivity contribution in [2.24, 2.45) is 11.3 Å². The molecule has 5 fully saturated rings. The zero-order valence-corrected chi connectivity index (χ0v) is 21.4. The van der Waals surface area contributed by atoms with Crippen LogP contribution in [0.5, 0.6) is 11.5 Å². The fraction of sp³-hybridized carbons (Fsp3) is 0.643. The van der Waals surface area contributed by atoms with E-state index in [2.05, 4.69) is 35.0 Å². The van der Waals surface area contributed by atoms with Crippen LogP contribution < -0.4 is 14.8 Å². The van der Waals surface area contributed by atoms with E-state index in [1.54, 1.807) is 6.26 Å². The number of amides is 2. The minimum Gasteiger partial charge on any atom is -0.480 e. The lowest BCUT2D eigenvalue weighted by Gasteiger charge is -2.67. The van der Waals surface area contributed by atoms with Crippen LogP contribution in [0, 0.1) is 11.3 Å². The van der Waals surface area contributed by atoms with Crippen molar-refractivity contribution in [3.63, 3.8) is 0 Å². The highest BCUT2D eigenvalue weighted by atomic mass is 16.5. The number of nitrogens with one attached hydrogen (secondary N) is 1. The van der Waals surface area contributed by atoms with Gasteiger partial charge in [-0.2, -0.15) is 0 Å². The van der Waals surface area contributed by atoms with Gasteiger partial charge in [0, 0.05) is 13.6 Å². The highest BCUT2D eigenvalue weighted by molar-refractivity contribution is 6.09. The van der Waals surface area contributed by atoms with Gasteiger partial charge in [0.2, 0.25) is 11.8 Å². The molecule has 6 aliphatic heterocycles. The molecule has 0 unspecified atom stereocenters. The first-order valence-corrected chi connectivity index (χ1v) is 13.0. The third kappa shape index (κ3) is 2.28. The number of benzene rings is 1. The summed E-state index contributed by atoms with van der Waals surface area (Å²) < 4.78 is 12.3. The number of hydrogen-bond acceptors (Lipinski definition) is 5. The molecule has 1 aromatic rings. The molecule has 35 heavy (non-hydrogen) atoms. The summed E-state index contributed by atoms with van der Waals surface area (Å²) in [6, 6.07) is 4.02. The zero-order valence-electron chi connectivity index (χ0n) is 21.4. The number of carbonyl (C=O) groups is 2. The first-order chi connectivity index (χ1) is 16.5. The predicted octanol–water partition coefficient (Wildman–Crippen LogP) is 3.83. The molecule has 4 saturated heterocycles. The summed E-state index contributed by atoms with van der Waals surface area (Å²) in [6.07, 6.45) is 8.18. The van der Waals surface area contributed by atoms with Gasteiger partial charge < -0.3 is 19.7 Å². The van der Waals surface area contributed by atoms with Crippen molar-refractivity contribution >= 4 is 17.5 Å². The lowest BCUT2D eigenvalue weighted by molar-refractivity contribution is -0.196. The fourth-order valence-corrected chi connectivity index (χ4v) is 8.90.